The highest BCUT2D eigenvalue weighted by molar-refractivity contribution is 5.94. The van der Waals surface area contributed by atoms with Crippen molar-refractivity contribution in [3.63, 3.8) is 0 Å². The minimum absolute atomic E-state index is 0.0420. The zero-order valence-corrected chi connectivity index (χ0v) is 16.1. The van der Waals surface area contributed by atoms with E-state index >= 15 is 0 Å². The molecule has 0 unspecified atom stereocenters. The number of hydrogen-bond donors (Lipinski definition) is 0. The normalized spacial score (nSPS) is 17.5. The molecular weight excluding hydrogens is 358 g/mol. The van der Waals surface area contributed by atoms with Crippen molar-refractivity contribution in [1.82, 2.24) is 15.1 Å². The molecule has 2 saturated heterocycles. The number of anilines is 2. The molecule has 2 fully saturated rings. The van der Waals surface area contributed by atoms with Crippen molar-refractivity contribution in [1.29, 1.82) is 0 Å². The summed E-state index contributed by atoms with van der Waals surface area (Å²) in [6, 6.07) is 9.39. The number of carbonyl (C=O) groups excluding carboxylic acids is 1. The van der Waals surface area contributed by atoms with Gasteiger partial charge in [-0.05, 0) is 18.2 Å². The molecule has 3 heterocycles. The summed E-state index contributed by atoms with van der Waals surface area (Å²) in [7, 11) is 1.61. The van der Waals surface area contributed by atoms with E-state index in [9.17, 15) is 4.79 Å². The molecule has 28 heavy (non-hydrogen) atoms. The second-order valence-electron chi connectivity index (χ2n) is 6.88. The fourth-order valence-electron chi connectivity index (χ4n) is 3.57. The summed E-state index contributed by atoms with van der Waals surface area (Å²) in [5, 5.41) is 8.46. The van der Waals surface area contributed by atoms with E-state index in [-0.39, 0.29) is 5.91 Å². The van der Waals surface area contributed by atoms with E-state index in [1.807, 2.05) is 23.1 Å². The first-order valence-corrected chi connectivity index (χ1v) is 9.58. The quantitative estimate of drug-likeness (QED) is 0.788. The number of rotatable bonds is 4. The maximum Gasteiger partial charge on any atom is 0.254 e. The van der Waals surface area contributed by atoms with Crippen LogP contribution in [0.1, 0.15) is 10.4 Å². The molecule has 2 aromatic rings. The highest BCUT2D eigenvalue weighted by Gasteiger charge is 2.23. The summed E-state index contributed by atoms with van der Waals surface area (Å²) in [6.45, 7) is 5.99. The van der Waals surface area contributed by atoms with Gasteiger partial charge in [0.15, 0.2) is 5.82 Å². The number of morpholine rings is 1. The molecule has 0 radical (unpaired) electrons. The lowest BCUT2D eigenvalue weighted by molar-refractivity contribution is 0.0746. The Kier molecular flexibility index (Phi) is 5.57. The highest BCUT2D eigenvalue weighted by Crippen LogP contribution is 2.22. The van der Waals surface area contributed by atoms with Crippen LogP contribution in [0.25, 0.3) is 0 Å². The minimum atomic E-state index is 0.0420. The van der Waals surface area contributed by atoms with E-state index in [1.54, 1.807) is 19.4 Å². The van der Waals surface area contributed by atoms with Gasteiger partial charge in [0, 0.05) is 50.9 Å². The SMILES string of the molecule is COc1cccc(C(=O)N2CCN(c3cnnc(N4CCOCC4)c3)CC2)c1. The number of aromatic nitrogens is 2. The van der Waals surface area contributed by atoms with Gasteiger partial charge >= 0.3 is 0 Å². The van der Waals surface area contributed by atoms with Gasteiger partial charge in [0.05, 0.1) is 32.2 Å². The molecule has 2 aliphatic heterocycles. The maximum atomic E-state index is 12.8. The smallest absolute Gasteiger partial charge is 0.254 e. The van der Waals surface area contributed by atoms with Crippen LogP contribution in [0, 0.1) is 0 Å². The third kappa shape index (κ3) is 4.01. The molecule has 148 valence electrons. The van der Waals surface area contributed by atoms with Crippen LogP contribution in [0.15, 0.2) is 36.5 Å². The van der Waals surface area contributed by atoms with Crippen molar-refractivity contribution >= 4 is 17.4 Å². The zero-order chi connectivity index (χ0) is 19.3. The van der Waals surface area contributed by atoms with Crippen molar-refractivity contribution in [3.05, 3.63) is 42.1 Å². The lowest BCUT2D eigenvalue weighted by Gasteiger charge is -2.36. The fraction of sp³-hybridized carbons (Fsp3) is 0.450. The Bertz CT molecular complexity index is 817. The van der Waals surface area contributed by atoms with Crippen molar-refractivity contribution in [2.45, 2.75) is 0 Å². The molecule has 0 aliphatic carbocycles. The van der Waals surface area contributed by atoms with E-state index in [4.69, 9.17) is 9.47 Å². The van der Waals surface area contributed by atoms with Crippen molar-refractivity contribution < 1.29 is 14.3 Å². The first kappa shape index (κ1) is 18.5. The average Bonchev–Trinajstić information content (AvgIpc) is 2.79. The molecule has 8 nitrogen and oxygen atoms in total. The highest BCUT2D eigenvalue weighted by atomic mass is 16.5. The van der Waals surface area contributed by atoms with Gasteiger partial charge in [-0.3, -0.25) is 4.79 Å². The number of hydrogen-bond acceptors (Lipinski definition) is 7. The second kappa shape index (κ2) is 8.43. The van der Waals surface area contributed by atoms with Crippen LogP contribution in [0.2, 0.25) is 0 Å². The van der Waals surface area contributed by atoms with Gasteiger partial charge in [0.25, 0.3) is 5.91 Å². The number of ether oxygens (including phenoxy) is 2. The van der Waals surface area contributed by atoms with Crippen LogP contribution in [-0.2, 0) is 4.74 Å². The predicted octanol–water partition coefficient (Wildman–Crippen LogP) is 1.28. The standard InChI is InChI=1S/C20H25N5O3/c1-27-18-4-2-3-16(13-18)20(26)25-7-5-23(6-8-25)17-14-19(22-21-15-17)24-9-11-28-12-10-24/h2-4,13-15H,5-12H2,1H3. The molecule has 1 aromatic heterocycles. The zero-order valence-electron chi connectivity index (χ0n) is 16.1. The lowest BCUT2D eigenvalue weighted by atomic mass is 10.1. The number of piperazine rings is 1. The number of amides is 1. The largest absolute Gasteiger partial charge is 0.497 e. The van der Waals surface area contributed by atoms with Crippen molar-refractivity contribution in [2.75, 3.05) is 69.4 Å². The van der Waals surface area contributed by atoms with Gasteiger partial charge in [-0.15, -0.1) is 5.10 Å². The fourth-order valence-corrected chi connectivity index (χ4v) is 3.57. The Balaban J connectivity index is 1.39. The molecule has 0 atom stereocenters. The molecule has 0 N–H and O–H groups in total. The van der Waals surface area contributed by atoms with Crippen LogP contribution in [-0.4, -0.2) is 80.6 Å². The van der Waals surface area contributed by atoms with Gasteiger partial charge < -0.3 is 24.2 Å². The Labute approximate surface area is 164 Å². The monoisotopic (exact) mass is 383 g/mol. The van der Waals surface area contributed by atoms with Gasteiger partial charge in [-0.2, -0.15) is 5.10 Å². The molecule has 2 aliphatic rings. The molecule has 0 spiro atoms. The minimum Gasteiger partial charge on any atom is -0.497 e. The summed E-state index contributed by atoms with van der Waals surface area (Å²) in [6.07, 6.45) is 1.80. The summed E-state index contributed by atoms with van der Waals surface area (Å²) in [5.41, 5.74) is 1.71. The van der Waals surface area contributed by atoms with Crippen LogP contribution in [0.4, 0.5) is 11.5 Å². The van der Waals surface area contributed by atoms with Crippen LogP contribution in [0.3, 0.4) is 0 Å². The maximum absolute atomic E-state index is 12.8. The third-order valence-electron chi connectivity index (χ3n) is 5.21. The molecular formula is C20H25N5O3. The number of methoxy groups -OCH3 is 1. The summed E-state index contributed by atoms with van der Waals surface area (Å²) in [5.74, 6) is 1.62. The second-order valence-corrected chi connectivity index (χ2v) is 6.88. The number of benzene rings is 1. The van der Waals surface area contributed by atoms with Gasteiger partial charge in [0.2, 0.25) is 0 Å². The van der Waals surface area contributed by atoms with E-state index < -0.39 is 0 Å². The van der Waals surface area contributed by atoms with Crippen molar-refractivity contribution in [3.8, 4) is 5.75 Å². The Morgan fingerprint density at radius 3 is 2.57 bits per heavy atom. The molecule has 1 aromatic carbocycles. The molecule has 0 saturated carbocycles. The predicted molar refractivity (Wildman–Crippen MR) is 106 cm³/mol. The van der Waals surface area contributed by atoms with Gasteiger partial charge in [-0.1, -0.05) is 6.07 Å². The van der Waals surface area contributed by atoms with E-state index in [2.05, 4.69) is 26.1 Å². The van der Waals surface area contributed by atoms with Crippen LogP contribution in [0.5, 0.6) is 5.75 Å². The van der Waals surface area contributed by atoms with Crippen molar-refractivity contribution in [2.24, 2.45) is 0 Å². The average molecular weight is 383 g/mol. The summed E-state index contributed by atoms with van der Waals surface area (Å²) in [4.78, 5) is 19.1. The number of carbonyl (C=O) groups is 1. The van der Waals surface area contributed by atoms with E-state index in [1.165, 1.54) is 0 Å². The van der Waals surface area contributed by atoms with Crippen LogP contribution >= 0.6 is 0 Å². The van der Waals surface area contributed by atoms with Gasteiger partial charge in [0.1, 0.15) is 5.75 Å². The first-order valence-electron chi connectivity index (χ1n) is 9.58. The first-order chi connectivity index (χ1) is 13.7. The Morgan fingerprint density at radius 1 is 1.04 bits per heavy atom. The lowest BCUT2D eigenvalue weighted by Crippen LogP contribution is -2.49. The molecule has 1 amide bonds. The molecule has 8 heteroatoms. The molecule has 0 bridgehead atoms. The summed E-state index contributed by atoms with van der Waals surface area (Å²) >= 11 is 0. The number of nitrogens with zero attached hydrogens (tertiary/aromatic N) is 5. The van der Waals surface area contributed by atoms with Crippen LogP contribution < -0.4 is 14.5 Å². The molecule has 4 rings (SSSR count). The summed E-state index contributed by atoms with van der Waals surface area (Å²) < 4.78 is 10.6. The van der Waals surface area contributed by atoms with E-state index in [0.29, 0.717) is 24.4 Å². The van der Waals surface area contributed by atoms with Gasteiger partial charge in [-0.25, -0.2) is 0 Å². The van der Waals surface area contributed by atoms with E-state index in [0.717, 1.165) is 50.9 Å². The Morgan fingerprint density at radius 2 is 1.82 bits per heavy atom. The topological polar surface area (TPSA) is 71.0 Å². The third-order valence-corrected chi connectivity index (χ3v) is 5.21. The Hall–Kier alpha value is -2.87.